The van der Waals surface area contributed by atoms with E-state index in [0.29, 0.717) is 28.8 Å². The summed E-state index contributed by atoms with van der Waals surface area (Å²) in [4.78, 5) is 14.0. The molecule has 1 aliphatic heterocycles. The Hall–Kier alpha value is -1.59. The lowest BCUT2D eigenvalue weighted by atomic mass is 9.99. The number of hydrogen-bond donors (Lipinski definition) is 0. The van der Waals surface area contributed by atoms with Crippen LogP contribution in [0, 0.1) is 5.92 Å². The molecular formula is C15H16Cl2N4O. The Kier molecular flexibility index (Phi) is 4.64. The topological polar surface area (TPSA) is 51.0 Å². The Balaban J connectivity index is 1.46. The van der Waals surface area contributed by atoms with Crippen LogP contribution in [0.25, 0.3) is 0 Å². The smallest absolute Gasteiger partial charge is 0.222 e. The van der Waals surface area contributed by atoms with Crippen LogP contribution in [0.1, 0.15) is 12.0 Å². The first kappa shape index (κ1) is 15.3. The van der Waals surface area contributed by atoms with Crippen molar-refractivity contribution in [2.45, 2.75) is 19.4 Å². The molecule has 1 saturated heterocycles. The van der Waals surface area contributed by atoms with Crippen LogP contribution >= 0.6 is 23.2 Å². The minimum atomic E-state index is 0.144. The number of benzene rings is 1. The molecule has 0 radical (unpaired) electrons. The number of carbonyl (C=O) groups excluding carboxylic acids is 1. The van der Waals surface area contributed by atoms with Gasteiger partial charge in [0.05, 0.1) is 6.20 Å². The zero-order chi connectivity index (χ0) is 15.5. The molecule has 0 aliphatic carbocycles. The molecular weight excluding hydrogens is 323 g/mol. The fourth-order valence-electron chi connectivity index (χ4n) is 2.64. The highest BCUT2D eigenvalue weighted by Gasteiger charge is 2.30. The summed E-state index contributed by atoms with van der Waals surface area (Å²) >= 11 is 12.2. The van der Waals surface area contributed by atoms with Crippen molar-refractivity contribution in [1.82, 2.24) is 19.9 Å². The average molecular weight is 339 g/mol. The zero-order valence-electron chi connectivity index (χ0n) is 12.0. The average Bonchev–Trinajstić information content (AvgIpc) is 2.94. The SMILES string of the molecule is O=C(CCc1c(Cl)cccc1Cl)N1CC(Cn2ccnn2)C1. The molecule has 2 aromatic rings. The molecule has 0 unspecified atom stereocenters. The Morgan fingerprint density at radius 1 is 1.27 bits per heavy atom. The molecule has 3 rings (SSSR count). The number of halogens is 2. The molecule has 0 bridgehead atoms. The third-order valence-corrected chi connectivity index (χ3v) is 4.59. The molecule has 22 heavy (non-hydrogen) atoms. The van der Waals surface area contributed by atoms with Crippen LogP contribution in [0.5, 0.6) is 0 Å². The standard InChI is InChI=1S/C15H16Cl2N4O/c16-13-2-1-3-14(17)12(13)4-5-15(22)20-8-11(9-20)10-21-7-6-18-19-21/h1-3,6-7,11H,4-5,8-10H2. The minimum absolute atomic E-state index is 0.144. The normalized spacial score (nSPS) is 14.9. The summed E-state index contributed by atoms with van der Waals surface area (Å²) in [6.45, 7) is 2.35. The number of likely N-dealkylation sites (tertiary alicyclic amines) is 1. The third-order valence-electron chi connectivity index (χ3n) is 3.88. The maximum atomic E-state index is 12.2. The van der Waals surface area contributed by atoms with Crippen molar-refractivity contribution in [2.75, 3.05) is 13.1 Å². The Morgan fingerprint density at radius 2 is 2.00 bits per heavy atom. The molecule has 1 amide bonds. The van der Waals surface area contributed by atoms with Crippen LogP contribution in [0.3, 0.4) is 0 Å². The van der Waals surface area contributed by atoms with Crippen molar-refractivity contribution in [2.24, 2.45) is 5.92 Å². The lowest BCUT2D eigenvalue weighted by molar-refractivity contribution is -0.137. The second-order valence-electron chi connectivity index (χ2n) is 5.49. The van der Waals surface area contributed by atoms with E-state index in [1.807, 2.05) is 11.1 Å². The number of aromatic nitrogens is 3. The molecule has 1 aromatic carbocycles. The predicted molar refractivity (Wildman–Crippen MR) is 84.9 cm³/mol. The van der Waals surface area contributed by atoms with Crippen LogP contribution in [0.15, 0.2) is 30.6 Å². The van der Waals surface area contributed by atoms with Gasteiger partial charge in [0.2, 0.25) is 5.91 Å². The number of nitrogens with zero attached hydrogens (tertiary/aromatic N) is 4. The van der Waals surface area contributed by atoms with Crippen molar-refractivity contribution in [3.63, 3.8) is 0 Å². The van der Waals surface area contributed by atoms with Crippen LogP contribution in [0.2, 0.25) is 10.0 Å². The molecule has 0 atom stereocenters. The Bertz CT molecular complexity index is 633. The molecule has 5 nitrogen and oxygen atoms in total. The molecule has 116 valence electrons. The second kappa shape index (κ2) is 6.67. The Morgan fingerprint density at radius 3 is 2.64 bits per heavy atom. The van der Waals surface area contributed by atoms with Crippen LogP contribution < -0.4 is 0 Å². The van der Waals surface area contributed by atoms with Gasteiger partial charge in [-0.25, -0.2) is 0 Å². The maximum Gasteiger partial charge on any atom is 0.222 e. The first-order chi connectivity index (χ1) is 10.6. The maximum absolute atomic E-state index is 12.2. The number of rotatable bonds is 5. The van der Waals surface area contributed by atoms with Crippen molar-refractivity contribution in [3.8, 4) is 0 Å². The largest absolute Gasteiger partial charge is 0.342 e. The van der Waals surface area contributed by atoms with E-state index in [4.69, 9.17) is 23.2 Å². The molecule has 1 fully saturated rings. The third kappa shape index (κ3) is 3.42. The number of carbonyl (C=O) groups is 1. The van der Waals surface area contributed by atoms with E-state index in [0.717, 1.165) is 25.2 Å². The number of hydrogen-bond acceptors (Lipinski definition) is 3. The van der Waals surface area contributed by atoms with Crippen molar-refractivity contribution in [1.29, 1.82) is 0 Å². The fraction of sp³-hybridized carbons (Fsp3) is 0.400. The van der Waals surface area contributed by atoms with Gasteiger partial charge in [0, 0.05) is 48.2 Å². The summed E-state index contributed by atoms with van der Waals surface area (Å²) in [5, 5.41) is 8.95. The first-order valence-corrected chi connectivity index (χ1v) is 7.94. The van der Waals surface area contributed by atoms with Gasteiger partial charge in [-0.3, -0.25) is 9.48 Å². The van der Waals surface area contributed by atoms with E-state index >= 15 is 0 Å². The molecule has 0 N–H and O–H groups in total. The lowest BCUT2D eigenvalue weighted by Gasteiger charge is -2.39. The van der Waals surface area contributed by atoms with E-state index < -0.39 is 0 Å². The fourth-order valence-corrected chi connectivity index (χ4v) is 3.23. The molecule has 2 heterocycles. The monoisotopic (exact) mass is 338 g/mol. The van der Waals surface area contributed by atoms with Gasteiger partial charge in [0.1, 0.15) is 0 Å². The van der Waals surface area contributed by atoms with E-state index in [1.54, 1.807) is 29.1 Å². The van der Waals surface area contributed by atoms with E-state index in [9.17, 15) is 4.79 Å². The highest BCUT2D eigenvalue weighted by atomic mass is 35.5. The predicted octanol–water partition coefficient (Wildman–Crippen LogP) is 2.68. The summed E-state index contributed by atoms with van der Waals surface area (Å²) in [5.41, 5.74) is 0.846. The molecule has 0 saturated carbocycles. The highest BCUT2D eigenvalue weighted by Crippen LogP contribution is 2.26. The molecule has 0 spiro atoms. The van der Waals surface area contributed by atoms with Crippen LogP contribution in [0.4, 0.5) is 0 Å². The van der Waals surface area contributed by atoms with Crippen molar-refractivity contribution >= 4 is 29.1 Å². The lowest BCUT2D eigenvalue weighted by Crippen LogP contribution is -2.51. The second-order valence-corrected chi connectivity index (χ2v) is 6.30. The van der Waals surface area contributed by atoms with Gasteiger partial charge in [-0.1, -0.05) is 34.5 Å². The van der Waals surface area contributed by atoms with Crippen LogP contribution in [-0.4, -0.2) is 38.9 Å². The summed E-state index contributed by atoms with van der Waals surface area (Å²) in [6.07, 6.45) is 4.50. The van der Waals surface area contributed by atoms with Gasteiger partial charge < -0.3 is 4.90 Å². The van der Waals surface area contributed by atoms with Gasteiger partial charge in [0.15, 0.2) is 0 Å². The minimum Gasteiger partial charge on any atom is -0.342 e. The van der Waals surface area contributed by atoms with Crippen LogP contribution in [-0.2, 0) is 17.8 Å². The zero-order valence-corrected chi connectivity index (χ0v) is 13.5. The van der Waals surface area contributed by atoms with Crippen molar-refractivity contribution in [3.05, 3.63) is 46.2 Å². The molecule has 7 heteroatoms. The summed E-state index contributed by atoms with van der Waals surface area (Å²) < 4.78 is 1.80. The highest BCUT2D eigenvalue weighted by molar-refractivity contribution is 6.36. The first-order valence-electron chi connectivity index (χ1n) is 7.18. The summed E-state index contributed by atoms with van der Waals surface area (Å²) in [6, 6.07) is 5.40. The Labute approximate surface area is 138 Å². The quantitative estimate of drug-likeness (QED) is 0.842. The summed E-state index contributed by atoms with van der Waals surface area (Å²) in [7, 11) is 0. The van der Waals surface area contributed by atoms with Crippen molar-refractivity contribution < 1.29 is 4.79 Å². The van der Waals surface area contributed by atoms with E-state index in [2.05, 4.69) is 10.3 Å². The molecule has 1 aromatic heterocycles. The van der Waals surface area contributed by atoms with Gasteiger partial charge in [0.25, 0.3) is 0 Å². The van der Waals surface area contributed by atoms with E-state index in [1.165, 1.54) is 0 Å². The van der Waals surface area contributed by atoms with E-state index in [-0.39, 0.29) is 5.91 Å². The number of amides is 1. The molecule has 1 aliphatic rings. The van der Waals surface area contributed by atoms with Gasteiger partial charge in [-0.2, -0.15) is 0 Å². The van der Waals surface area contributed by atoms with Gasteiger partial charge in [-0.05, 0) is 24.1 Å². The van der Waals surface area contributed by atoms with Gasteiger partial charge in [-0.15, -0.1) is 5.10 Å². The van der Waals surface area contributed by atoms with Gasteiger partial charge >= 0.3 is 0 Å². The summed E-state index contributed by atoms with van der Waals surface area (Å²) in [5.74, 6) is 0.598.